The fourth-order valence-electron chi connectivity index (χ4n) is 0.719. The van der Waals surface area contributed by atoms with Crippen LogP contribution in [0.25, 0.3) is 0 Å². The molecule has 48 valence electrons. The Bertz CT molecular complexity index is 46.2. The normalized spacial score (nSPS) is 8.22. The van der Waals surface area contributed by atoms with Crippen molar-refractivity contribution in [2.45, 2.75) is 28.4 Å². The second-order valence-corrected chi connectivity index (χ2v) is 9.07. The summed E-state index contributed by atoms with van der Waals surface area (Å²) in [6.07, 6.45) is 4.41. The Morgan fingerprint density at radius 2 is 1.22 bits per heavy atom. The molecule has 0 bridgehead atoms. The minimum Gasteiger partial charge on any atom is -0.307 e. The van der Waals surface area contributed by atoms with Crippen molar-refractivity contribution in [3.63, 3.8) is 0 Å². The molecule has 0 nitrogen and oxygen atoms in total. The van der Waals surface area contributed by atoms with Crippen molar-refractivity contribution in [2.75, 3.05) is 0 Å². The molecule has 0 aromatic heterocycles. The van der Waals surface area contributed by atoms with Gasteiger partial charge < -0.3 is 25.8 Å². The molecule has 0 amide bonds. The predicted octanol–water partition coefficient (Wildman–Crippen LogP) is 3.02. The van der Waals surface area contributed by atoms with Gasteiger partial charge in [0, 0.05) is 0 Å². The van der Waals surface area contributed by atoms with E-state index in [1.54, 1.807) is 0 Å². The largest absolute Gasteiger partial charge is 0.468 e. The fourth-order valence-corrected chi connectivity index (χ4v) is 4.18. The van der Waals surface area contributed by atoms with E-state index in [1.807, 2.05) is 0 Å². The summed E-state index contributed by atoms with van der Waals surface area (Å²) in [7, 11) is 0. The molecular weight excluding hydrogens is 268 g/mol. The van der Waals surface area contributed by atoms with Crippen LogP contribution in [0.15, 0.2) is 0 Å². The van der Waals surface area contributed by atoms with E-state index in [0.717, 1.165) is 0 Å². The molecule has 0 spiro atoms. The van der Waals surface area contributed by atoms with Crippen molar-refractivity contribution in [2.24, 2.45) is 0 Å². The van der Waals surface area contributed by atoms with E-state index in [0.29, 0.717) is 0 Å². The molecule has 0 heterocycles. The molecule has 0 aromatic rings. The van der Waals surface area contributed by atoms with Crippen LogP contribution in [0.3, 0.4) is 0 Å². The number of hydrogen-bond donors (Lipinski definition) is 0. The van der Waals surface area contributed by atoms with Crippen LogP contribution in [0.2, 0.25) is 9.10 Å². The molecular formula is C5H10Br2Mg2. The van der Waals surface area contributed by atoms with Gasteiger partial charge in [-0.3, -0.25) is 0 Å². The lowest BCUT2D eigenvalue weighted by Crippen LogP contribution is -1.81. The van der Waals surface area contributed by atoms with Crippen LogP contribution in [0.5, 0.6) is 0 Å². The highest BCUT2D eigenvalue weighted by Crippen LogP contribution is 2.04. The monoisotopic (exact) mass is 276 g/mol. The van der Waals surface area contributed by atoms with Gasteiger partial charge >= 0.3 is 36.4 Å². The van der Waals surface area contributed by atoms with Crippen molar-refractivity contribution in [3.05, 3.63) is 0 Å². The van der Waals surface area contributed by atoms with Crippen LogP contribution in [-0.2, 0) is 0 Å². The average Bonchev–Trinajstić information content (AvgIpc) is 1.89. The maximum absolute atomic E-state index is 3.56. The molecule has 0 radical (unpaired) electrons. The van der Waals surface area contributed by atoms with E-state index in [4.69, 9.17) is 0 Å². The summed E-state index contributed by atoms with van der Waals surface area (Å²) in [6.45, 7) is 0. The molecule has 0 atom stereocenters. The summed E-state index contributed by atoms with van der Waals surface area (Å²) in [5.41, 5.74) is 0. The van der Waals surface area contributed by atoms with Gasteiger partial charge in [-0.1, -0.05) is 19.3 Å². The van der Waals surface area contributed by atoms with E-state index in [-0.39, 0.29) is 36.4 Å². The molecule has 0 rings (SSSR count). The lowest BCUT2D eigenvalue weighted by Gasteiger charge is -1.94. The zero-order valence-corrected chi connectivity index (χ0v) is 11.7. The summed E-state index contributed by atoms with van der Waals surface area (Å²) >= 11 is 7.50. The first-order chi connectivity index (χ1) is 4.41. The molecule has 0 fully saturated rings. The average molecular weight is 279 g/mol. The first kappa shape index (κ1) is 11.5. The van der Waals surface area contributed by atoms with Crippen LogP contribution >= 0.6 is 25.8 Å². The van der Waals surface area contributed by atoms with Crippen LogP contribution in [-0.4, -0.2) is 36.4 Å². The zero-order valence-electron chi connectivity index (χ0n) is 5.71. The Morgan fingerprint density at radius 1 is 0.778 bits per heavy atom. The minimum absolute atomic E-state index is 0.192. The molecule has 0 saturated carbocycles. The lowest BCUT2D eigenvalue weighted by atomic mass is 10.3. The molecule has 9 heavy (non-hydrogen) atoms. The summed E-state index contributed by atoms with van der Waals surface area (Å²) in [5, 5.41) is 0. The van der Waals surface area contributed by atoms with Gasteiger partial charge in [0.25, 0.3) is 0 Å². The summed E-state index contributed by atoms with van der Waals surface area (Å²) in [5.74, 6) is 0. The molecule has 0 saturated heterocycles. The first-order valence-corrected chi connectivity index (χ1v) is 13.3. The molecule has 0 aliphatic rings. The third kappa shape index (κ3) is 10.5. The number of hydrogen-bond acceptors (Lipinski definition) is 0. The number of halogens is 2. The maximum Gasteiger partial charge on any atom is 0.468 e. The molecule has 0 unspecified atom stereocenters. The van der Waals surface area contributed by atoms with Gasteiger partial charge in [-0.15, -0.1) is 9.10 Å². The van der Waals surface area contributed by atoms with Crippen molar-refractivity contribution in [1.82, 2.24) is 0 Å². The van der Waals surface area contributed by atoms with Gasteiger partial charge in [-0.25, -0.2) is 0 Å². The molecule has 4 heteroatoms. The highest BCUT2D eigenvalue weighted by molar-refractivity contribution is 9.23. The third-order valence-corrected chi connectivity index (χ3v) is 6.17. The quantitative estimate of drug-likeness (QED) is 0.517. The summed E-state index contributed by atoms with van der Waals surface area (Å²) in [4.78, 5) is 0. The Hall–Kier alpha value is 2.49. The van der Waals surface area contributed by atoms with Crippen LogP contribution < -0.4 is 0 Å². The van der Waals surface area contributed by atoms with E-state index >= 15 is 0 Å². The molecule has 0 aliphatic heterocycles. The van der Waals surface area contributed by atoms with Crippen molar-refractivity contribution < 1.29 is 0 Å². The van der Waals surface area contributed by atoms with Crippen molar-refractivity contribution >= 4 is 62.2 Å². The van der Waals surface area contributed by atoms with Gasteiger partial charge in [-0.05, 0) is 0 Å². The van der Waals surface area contributed by atoms with Gasteiger partial charge in [0.05, 0.1) is 0 Å². The van der Waals surface area contributed by atoms with Gasteiger partial charge in [0.15, 0.2) is 0 Å². The Morgan fingerprint density at radius 3 is 1.56 bits per heavy atom. The van der Waals surface area contributed by atoms with Gasteiger partial charge in [-0.2, -0.15) is 0 Å². The Kier molecular flexibility index (Phi) is 13.4. The van der Waals surface area contributed by atoms with Crippen molar-refractivity contribution in [1.29, 1.82) is 0 Å². The van der Waals surface area contributed by atoms with E-state index in [9.17, 15) is 0 Å². The molecule has 0 aromatic carbocycles. The second-order valence-electron chi connectivity index (χ2n) is 2.15. The van der Waals surface area contributed by atoms with E-state index in [1.165, 1.54) is 28.4 Å². The van der Waals surface area contributed by atoms with E-state index in [2.05, 4.69) is 25.8 Å². The van der Waals surface area contributed by atoms with Gasteiger partial charge in [0.1, 0.15) is 0 Å². The Labute approximate surface area is 89.1 Å². The number of unbranched alkanes of at least 4 members (excludes halogenated alkanes) is 2. The van der Waals surface area contributed by atoms with Crippen LogP contribution in [0.1, 0.15) is 19.3 Å². The topological polar surface area (TPSA) is 0 Å². The zero-order chi connectivity index (χ0) is 6.95. The summed E-state index contributed by atoms with van der Waals surface area (Å²) < 4.78 is 2.98. The molecule has 0 aliphatic carbocycles. The van der Waals surface area contributed by atoms with Crippen molar-refractivity contribution in [3.8, 4) is 0 Å². The Balaban J connectivity index is 2.60. The minimum atomic E-state index is 0.192. The summed E-state index contributed by atoms with van der Waals surface area (Å²) in [6, 6.07) is 0. The van der Waals surface area contributed by atoms with E-state index < -0.39 is 0 Å². The first-order valence-electron chi connectivity index (χ1n) is 3.53. The van der Waals surface area contributed by atoms with Gasteiger partial charge in [0.2, 0.25) is 0 Å². The molecule has 0 N–H and O–H groups in total. The highest BCUT2D eigenvalue weighted by Gasteiger charge is 1.92. The third-order valence-electron chi connectivity index (χ3n) is 1.27. The standard InChI is InChI=1S/C5H10.2BrH.2Mg/c1-3-5-4-2;;;;/h1-5H2;2*1H;;/q;;;2*+1/p-2. The maximum atomic E-state index is 3.56. The van der Waals surface area contributed by atoms with Crippen LogP contribution in [0.4, 0.5) is 0 Å². The SMILES string of the molecule is [Br][Mg][CH2]CCC[CH2][Mg][Br]. The van der Waals surface area contributed by atoms with Crippen LogP contribution in [0, 0.1) is 0 Å². The predicted molar refractivity (Wildman–Crippen MR) is 52.8 cm³/mol. The highest BCUT2D eigenvalue weighted by atomic mass is 79.9. The fraction of sp³-hybridized carbons (Fsp3) is 1.00. The lowest BCUT2D eigenvalue weighted by molar-refractivity contribution is 0.769. The second kappa shape index (κ2) is 10.5. The number of rotatable bonds is 6. The smallest absolute Gasteiger partial charge is 0.307 e.